The van der Waals surface area contributed by atoms with Crippen molar-refractivity contribution in [2.24, 2.45) is 5.73 Å². The SMILES string of the molecule is NC(=O)c1nnc(SC2CCCNC2)c2cc(-c3ccc(Cl)cc3)sc12. The average molecular weight is 405 g/mol. The normalized spacial score (nSPS) is 17.5. The molecule has 26 heavy (non-hydrogen) atoms. The van der Waals surface area contributed by atoms with Crippen LogP contribution in [0.4, 0.5) is 0 Å². The number of carbonyl (C=O) groups is 1. The van der Waals surface area contributed by atoms with E-state index < -0.39 is 5.91 Å². The molecule has 3 heterocycles. The number of nitrogens with zero attached hydrogens (tertiary/aromatic N) is 2. The first-order valence-electron chi connectivity index (χ1n) is 8.35. The van der Waals surface area contributed by atoms with Crippen LogP contribution in [-0.2, 0) is 0 Å². The predicted octanol–water partition coefficient (Wildman–Crippen LogP) is 3.95. The van der Waals surface area contributed by atoms with Crippen molar-refractivity contribution in [3.05, 3.63) is 41.0 Å². The Kier molecular flexibility index (Phi) is 5.13. The second-order valence-corrected chi connectivity index (χ2v) is 8.94. The van der Waals surface area contributed by atoms with Gasteiger partial charge in [-0.05, 0) is 43.1 Å². The number of hydrogen-bond acceptors (Lipinski definition) is 6. The number of aromatic nitrogens is 2. The van der Waals surface area contributed by atoms with Gasteiger partial charge in [0.1, 0.15) is 5.03 Å². The van der Waals surface area contributed by atoms with Gasteiger partial charge in [-0.2, -0.15) is 0 Å². The van der Waals surface area contributed by atoms with Gasteiger partial charge in [0.15, 0.2) is 5.69 Å². The molecule has 1 unspecified atom stereocenters. The Labute approximate surface area is 164 Å². The highest BCUT2D eigenvalue weighted by molar-refractivity contribution is 8.00. The van der Waals surface area contributed by atoms with Crippen molar-refractivity contribution in [2.75, 3.05) is 13.1 Å². The highest BCUT2D eigenvalue weighted by Crippen LogP contribution is 2.40. The smallest absolute Gasteiger partial charge is 0.270 e. The van der Waals surface area contributed by atoms with Gasteiger partial charge in [-0.15, -0.1) is 21.5 Å². The summed E-state index contributed by atoms with van der Waals surface area (Å²) in [5.41, 5.74) is 6.79. The van der Waals surface area contributed by atoms with E-state index in [-0.39, 0.29) is 5.69 Å². The summed E-state index contributed by atoms with van der Waals surface area (Å²) in [6.45, 7) is 2.03. The summed E-state index contributed by atoms with van der Waals surface area (Å²) in [5.74, 6) is -0.553. The van der Waals surface area contributed by atoms with Gasteiger partial charge in [-0.25, -0.2) is 0 Å². The molecule has 1 aliphatic heterocycles. The molecule has 5 nitrogen and oxygen atoms in total. The molecule has 3 N–H and O–H groups in total. The fourth-order valence-corrected chi connectivity index (χ4v) is 5.53. The first-order chi connectivity index (χ1) is 12.6. The number of nitrogens with two attached hydrogens (primary N) is 1. The van der Waals surface area contributed by atoms with Crippen molar-refractivity contribution in [3.8, 4) is 10.4 Å². The molecular weight excluding hydrogens is 388 g/mol. The summed E-state index contributed by atoms with van der Waals surface area (Å²) in [5, 5.41) is 14.8. The van der Waals surface area contributed by atoms with E-state index in [1.165, 1.54) is 11.3 Å². The highest BCUT2D eigenvalue weighted by atomic mass is 35.5. The number of nitrogens with one attached hydrogen (secondary N) is 1. The minimum atomic E-state index is -0.553. The van der Waals surface area contributed by atoms with Gasteiger partial charge < -0.3 is 11.1 Å². The lowest BCUT2D eigenvalue weighted by molar-refractivity contribution is 0.0996. The van der Waals surface area contributed by atoms with Crippen molar-refractivity contribution < 1.29 is 4.79 Å². The fraction of sp³-hybridized carbons (Fsp3) is 0.278. The summed E-state index contributed by atoms with van der Waals surface area (Å²) in [7, 11) is 0. The number of halogens is 1. The molecule has 1 atom stereocenters. The zero-order valence-electron chi connectivity index (χ0n) is 13.9. The minimum Gasteiger partial charge on any atom is -0.364 e. The van der Waals surface area contributed by atoms with Gasteiger partial charge in [0.2, 0.25) is 0 Å². The van der Waals surface area contributed by atoms with Crippen molar-refractivity contribution in [2.45, 2.75) is 23.1 Å². The Hall–Kier alpha value is -1.67. The van der Waals surface area contributed by atoms with Crippen LogP contribution in [0.25, 0.3) is 20.5 Å². The lowest BCUT2D eigenvalue weighted by Crippen LogP contribution is -2.31. The summed E-state index contributed by atoms with van der Waals surface area (Å²) in [6.07, 6.45) is 2.31. The van der Waals surface area contributed by atoms with Gasteiger partial charge in [-0.3, -0.25) is 4.79 Å². The van der Waals surface area contributed by atoms with E-state index in [1.54, 1.807) is 11.8 Å². The van der Waals surface area contributed by atoms with Crippen LogP contribution in [0.15, 0.2) is 35.4 Å². The number of primary amides is 1. The van der Waals surface area contributed by atoms with Gasteiger partial charge in [0.25, 0.3) is 5.91 Å². The minimum absolute atomic E-state index is 0.233. The van der Waals surface area contributed by atoms with Crippen LogP contribution in [0.3, 0.4) is 0 Å². The van der Waals surface area contributed by atoms with Crippen LogP contribution < -0.4 is 11.1 Å². The van der Waals surface area contributed by atoms with Gasteiger partial charge in [0.05, 0.1) is 4.70 Å². The molecule has 1 aliphatic rings. The summed E-state index contributed by atoms with van der Waals surface area (Å²) in [6, 6.07) is 9.72. The molecule has 0 bridgehead atoms. The number of fused-ring (bicyclic) bond motifs is 1. The summed E-state index contributed by atoms with van der Waals surface area (Å²) < 4.78 is 0.795. The number of benzene rings is 1. The third-order valence-electron chi connectivity index (χ3n) is 4.31. The maximum atomic E-state index is 11.8. The molecule has 0 radical (unpaired) electrons. The Morgan fingerprint density at radius 2 is 2.12 bits per heavy atom. The Morgan fingerprint density at radius 1 is 1.31 bits per heavy atom. The van der Waals surface area contributed by atoms with E-state index in [0.29, 0.717) is 10.3 Å². The molecule has 1 aromatic carbocycles. The van der Waals surface area contributed by atoms with E-state index >= 15 is 0 Å². The molecule has 134 valence electrons. The lowest BCUT2D eigenvalue weighted by atomic mass is 10.2. The van der Waals surface area contributed by atoms with Gasteiger partial charge in [-0.1, -0.05) is 35.5 Å². The van der Waals surface area contributed by atoms with E-state index in [1.807, 2.05) is 24.3 Å². The van der Waals surface area contributed by atoms with Crippen LogP contribution in [-0.4, -0.2) is 34.4 Å². The highest BCUT2D eigenvalue weighted by Gasteiger charge is 2.21. The molecular formula is C18H17ClN4OS2. The molecule has 3 aromatic rings. The van der Waals surface area contributed by atoms with E-state index in [4.69, 9.17) is 17.3 Å². The standard InChI is InChI=1S/C18H17ClN4OS2/c19-11-5-3-10(4-6-11)14-8-13-16(26-14)15(17(20)24)22-23-18(13)25-12-2-1-7-21-9-12/h3-6,8,12,21H,1-2,7,9H2,(H2,20,24). The monoisotopic (exact) mass is 404 g/mol. The average Bonchev–Trinajstić information content (AvgIpc) is 3.09. The van der Waals surface area contributed by atoms with Crippen molar-refractivity contribution in [1.82, 2.24) is 15.5 Å². The molecule has 1 amide bonds. The molecule has 1 saturated heterocycles. The zero-order valence-corrected chi connectivity index (χ0v) is 16.3. The lowest BCUT2D eigenvalue weighted by Gasteiger charge is -2.21. The number of hydrogen-bond donors (Lipinski definition) is 2. The maximum Gasteiger partial charge on any atom is 0.270 e. The summed E-state index contributed by atoms with van der Waals surface area (Å²) in [4.78, 5) is 12.8. The van der Waals surface area contributed by atoms with Crippen molar-refractivity contribution in [3.63, 3.8) is 0 Å². The summed E-state index contributed by atoms with van der Waals surface area (Å²) >= 11 is 9.23. The first kappa shape index (κ1) is 17.7. The number of thioether (sulfide) groups is 1. The van der Waals surface area contributed by atoms with Crippen LogP contribution in [0.2, 0.25) is 5.02 Å². The quantitative estimate of drug-likeness (QED) is 0.688. The van der Waals surface area contributed by atoms with Crippen molar-refractivity contribution in [1.29, 1.82) is 0 Å². The van der Waals surface area contributed by atoms with E-state index in [2.05, 4.69) is 21.6 Å². The van der Waals surface area contributed by atoms with Crippen molar-refractivity contribution >= 4 is 50.7 Å². The molecule has 1 fully saturated rings. The molecule has 2 aromatic heterocycles. The Bertz CT molecular complexity index is 952. The van der Waals surface area contributed by atoms with E-state index in [0.717, 1.165) is 51.5 Å². The molecule has 0 spiro atoms. The predicted molar refractivity (Wildman–Crippen MR) is 108 cm³/mol. The van der Waals surface area contributed by atoms with Crippen LogP contribution >= 0.6 is 34.7 Å². The second-order valence-electron chi connectivity index (χ2n) is 6.16. The number of rotatable bonds is 4. The van der Waals surface area contributed by atoms with Gasteiger partial charge in [0, 0.05) is 27.1 Å². The van der Waals surface area contributed by atoms with Gasteiger partial charge >= 0.3 is 0 Å². The topological polar surface area (TPSA) is 80.9 Å². The fourth-order valence-electron chi connectivity index (χ4n) is 3.00. The maximum absolute atomic E-state index is 11.8. The number of piperidine rings is 1. The number of thiophene rings is 1. The molecule has 8 heteroatoms. The third-order valence-corrected chi connectivity index (χ3v) is 7.01. The third kappa shape index (κ3) is 3.57. The number of amides is 1. The van der Waals surface area contributed by atoms with Crippen LogP contribution in [0.5, 0.6) is 0 Å². The second kappa shape index (κ2) is 7.52. The van der Waals surface area contributed by atoms with Crippen LogP contribution in [0, 0.1) is 0 Å². The first-order valence-corrected chi connectivity index (χ1v) is 10.4. The Morgan fingerprint density at radius 3 is 2.81 bits per heavy atom. The Balaban J connectivity index is 1.78. The molecule has 0 saturated carbocycles. The zero-order chi connectivity index (χ0) is 18.1. The number of carbonyl (C=O) groups excluding carboxylic acids is 1. The molecule has 0 aliphatic carbocycles. The van der Waals surface area contributed by atoms with Crippen LogP contribution in [0.1, 0.15) is 23.3 Å². The largest absolute Gasteiger partial charge is 0.364 e. The van der Waals surface area contributed by atoms with E-state index in [9.17, 15) is 4.79 Å². The molecule has 4 rings (SSSR count).